The molecule has 0 fully saturated rings. The van der Waals surface area contributed by atoms with Crippen molar-refractivity contribution in [1.82, 2.24) is 0 Å². The Morgan fingerprint density at radius 2 is 2.33 bits per heavy atom. The van der Waals surface area contributed by atoms with E-state index in [0.29, 0.717) is 0 Å². The van der Waals surface area contributed by atoms with Gasteiger partial charge in [0.2, 0.25) is 0 Å². The molecule has 0 aliphatic heterocycles. The molecule has 0 spiro atoms. The first-order chi connectivity index (χ1) is 4.31. The predicted molar refractivity (Wildman–Crippen MR) is 37.7 cm³/mol. The fourth-order valence-electron chi connectivity index (χ4n) is 0.401. The monoisotopic (exact) mass is 209 g/mol. The molecule has 0 radical (unpaired) electrons. The Balaban J connectivity index is 3.68. The minimum absolute atomic E-state index is 0.959. The average molecular weight is 208 g/mol. The molecule has 0 saturated carbocycles. The molecule has 1 heteroatoms. The Labute approximate surface area is 67.0 Å². The summed E-state index contributed by atoms with van der Waals surface area (Å²) >= 11 is 2.58. The van der Waals surface area contributed by atoms with Gasteiger partial charge in [-0.25, -0.2) is 0 Å². The van der Waals surface area contributed by atoms with Crippen LogP contribution in [-0.4, -0.2) is 0 Å². The van der Waals surface area contributed by atoms with E-state index in [1.165, 1.54) is 4.17 Å². The van der Waals surface area contributed by atoms with Gasteiger partial charge in [-0.1, -0.05) is 0 Å². The van der Waals surface area contributed by atoms with Gasteiger partial charge in [-0.15, -0.1) is 0 Å². The van der Waals surface area contributed by atoms with Crippen LogP contribution in [0, 0.1) is 0 Å². The van der Waals surface area contributed by atoms with Gasteiger partial charge < -0.3 is 0 Å². The van der Waals surface area contributed by atoms with Crippen molar-refractivity contribution in [3.63, 3.8) is 0 Å². The SMILES string of the molecule is C=CC[C]([Ru])=CC=CC. The zero-order chi connectivity index (χ0) is 7.11. The first-order valence-corrected chi connectivity index (χ1v) is 3.75. The number of hydrogen-bond acceptors (Lipinski definition) is 0. The normalized spacial score (nSPS) is 12.4. The molecule has 0 N–H and O–H groups in total. The van der Waals surface area contributed by atoms with Crippen molar-refractivity contribution in [1.29, 1.82) is 0 Å². The van der Waals surface area contributed by atoms with Crippen LogP contribution < -0.4 is 0 Å². The standard InChI is InChI=1S/C8H11.Ru/c1-3-5-7-8-6-4-2;/h3-4,6,8H,1,5H2,2H3;. The van der Waals surface area contributed by atoms with E-state index >= 15 is 0 Å². The van der Waals surface area contributed by atoms with Gasteiger partial charge in [0.1, 0.15) is 0 Å². The summed E-state index contributed by atoms with van der Waals surface area (Å²) in [5.74, 6) is 0. The molecule has 0 rings (SSSR count). The summed E-state index contributed by atoms with van der Waals surface area (Å²) in [7, 11) is 0. The minimum atomic E-state index is 0.959. The Morgan fingerprint density at radius 3 is 2.78 bits per heavy atom. The Kier molecular flexibility index (Phi) is 5.87. The van der Waals surface area contributed by atoms with Crippen LogP contribution in [-0.2, 0) is 18.3 Å². The first kappa shape index (κ1) is 8.84. The molecule has 0 atom stereocenters. The molecule has 51 valence electrons. The first-order valence-electron chi connectivity index (χ1n) is 2.88. The molecular weight excluding hydrogens is 197 g/mol. The summed E-state index contributed by atoms with van der Waals surface area (Å²) in [5.41, 5.74) is 0. The summed E-state index contributed by atoms with van der Waals surface area (Å²) in [6.45, 7) is 5.64. The second-order valence-corrected chi connectivity index (χ2v) is 2.73. The molecule has 0 bridgehead atoms. The third kappa shape index (κ3) is 5.72. The van der Waals surface area contributed by atoms with Crippen LogP contribution in [0.2, 0.25) is 0 Å². The molecule has 0 aliphatic rings. The molecule has 0 amide bonds. The topological polar surface area (TPSA) is 0 Å². The van der Waals surface area contributed by atoms with Crippen molar-refractivity contribution in [2.75, 3.05) is 0 Å². The molecule has 0 saturated heterocycles. The van der Waals surface area contributed by atoms with Crippen molar-refractivity contribution in [2.45, 2.75) is 13.3 Å². The summed E-state index contributed by atoms with van der Waals surface area (Å²) in [5, 5.41) is 0. The molecule has 0 aromatic carbocycles. The molecule has 0 aromatic heterocycles. The van der Waals surface area contributed by atoms with E-state index in [1.54, 1.807) is 0 Å². The summed E-state index contributed by atoms with van der Waals surface area (Å²) in [6, 6.07) is 0. The van der Waals surface area contributed by atoms with Crippen LogP contribution >= 0.6 is 0 Å². The summed E-state index contributed by atoms with van der Waals surface area (Å²) < 4.78 is 1.28. The van der Waals surface area contributed by atoms with Crippen LogP contribution in [0.4, 0.5) is 0 Å². The molecule has 0 aliphatic carbocycles. The van der Waals surface area contributed by atoms with E-state index in [2.05, 4.69) is 31.0 Å². The van der Waals surface area contributed by atoms with Crippen LogP contribution in [0.25, 0.3) is 0 Å². The Bertz CT molecular complexity index is 132. The third-order valence-electron chi connectivity index (χ3n) is 0.800. The molecule has 0 aromatic rings. The fraction of sp³-hybridized carbons (Fsp3) is 0.250. The van der Waals surface area contributed by atoms with Gasteiger partial charge in [-0.3, -0.25) is 0 Å². The van der Waals surface area contributed by atoms with Gasteiger partial charge in [0, 0.05) is 0 Å². The van der Waals surface area contributed by atoms with Crippen molar-refractivity contribution in [3.8, 4) is 0 Å². The summed E-state index contributed by atoms with van der Waals surface area (Å²) in [4.78, 5) is 0. The van der Waals surface area contributed by atoms with Gasteiger partial charge >= 0.3 is 66.7 Å². The van der Waals surface area contributed by atoms with Gasteiger partial charge in [0.25, 0.3) is 0 Å². The number of allylic oxidation sites excluding steroid dienone is 5. The second-order valence-electron chi connectivity index (χ2n) is 1.62. The Hall–Kier alpha value is -0.157. The van der Waals surface area contributed by atoms with Crippen LogP contribution in [0.5, 0.6) is 0 Å². The predicted octanol–water partition coefficient (Wildman–Crippen LogP) is 2.57. The maximum atomic E-state index is 3.63. The summed E-state index contributed by atoms with van der Waals surface area (Å²) in [6.07, 6.45) is 8.95. The van der Waals surface area contributed by atoms with Crippen molar-refractivity contribution < 1.29 is 18.3 Å². The maximum absolute atomic E-state index is 3.63. The van der Waals surface area contributed by atoms with Gasteiger partial charge in [0.15, 0.2) is 0 Å². The van der Waals surface area contributed by atoms with E-state index in [1.807, 2.05) is 25.2 Å². The van der Waals surface area contributed by atoms with E-state index in [9.17, 15) is 0 Å². The second kappa shape index (κ2) is 5.97. The Morgan fingerprint density at radius 1 is 1.67 bits per heavy atom. The molecular formula is C8H11Ru. The van der Waals surface area contributed by atoms with E-state index in [0.717, 1.165) is 6.42 Å². The third-order valence-corrected chi connectivity index (χ3v) is 1.44. The van der Waals surface area contributed by atoms with Gasteiger partial charge in [-0.2, -0.15) is 0 Å². The zero-order valence-corrected chi connectivity index (χ0v) is 7.32. The van der Waals surface area contributed by atoms with Crippen molar-refractivity contribution >= 4 is 0 Å². The number of rotatable bonds is 3. The van der Waals surface area contributed by atoms with Gasteiger partial charge in [0.05, 0.1) is 0 Å². The van der Waals surface area contributed by atoms with E-state index in [4.69, 9.17) is 0 Å². The molecule has 0 unspecified atom stereocenters. The quantitative estimate of drug-likeness (QED) is 0.380. The van der Waals surface area contributed by atoms with E-state index in [-0.39, 0.29) is 0 Å². The van der Waals surface area contributed by atoms with Gasteiger partial charge in [-0.05, 0) is 0 Å². The van der Waals surface area contributed by atoms with Crippen LogP contribution in [0.1, 0.15) is 13.3 Å². The fourth-order valence-corrected chi connectivity index (χ4v) is 0.819. The molecule has 0 heterocycles. The zero-order valence-electron chi connectivity index (χ0n) is 5.58. The van der Waals surface area contributed by atoms with Crippen molar-refractivity contribution in [2.24, 2.45) is 0 Å². The number of hydrogen-bond donors (Lipinski definition) is 0. The average Bonchev–Trinajstić information content (AvgIpc) is 1.85. The molecule has 0 nitrogen and oxygen atoms in total. The van der Waals surface area contributed by atoms with Crippen molar-refractivity contribution in [3.05, 3.63) is 35.1 Å². The van der Waals surface area contributed by atoms with Crippen LogP contribution in [0.3, 0.4) is 0 Å². The van der Waals surface area contributed by atoms with E-state index < -0.39 is 0 Å². The van der Waals surface area contributed by atoms with Crippen LogP contribution in [0.15, 0.2) is 35.1 Å². The molecule has 9 heavy (non-hydrogen) atoms.